The summed E-state index contributed by atoms with van der Waals surface area (Å²) in [6, 6.07) is 3.87. The molecule has 0 aliphatic heterocycles. The van der Waals surface area contributed by atoms with Crippen LogP contribution >= 0.6 is 0 Å². The molecule has 0 heterocycles. The first-order valence-electron chi connectivity index (χ1n) is 11.6. The highest BCUT2D eigenvalue weighted by Gasteiger charge is 2.31. The highest BCUT2D eigenvalue weighted by molar-refractivity contribution is 5.80. The zero-order valence-corrected chi connectivity index (χ0v) is 21.4. The molecule has 0 aliphatic rings. The molecule has 36 heavy (non-hydrogen) atoms. The van der Waals surface area contributed by atoms with Crippen molar-refractivity contribution < 1.29 is 43.7 Å². The molecular formula is C24H36N2O10. The summed E-state index contributed by atoms with van der Waals surface area (Å²) in [6.07, 6.45) is 4.15. The van der Waals surface area contributed by atoms with Crippen molar-refractivity contribution in [3.05, 3.63) is 40.0 Å². The van der Waals surface area contributed by atoms with E-state index in [1.165, 1.54) is 19.3 Å². The minimum absolute atomic E-state index is 0.0327. The zero-order chi connectivity index (χ0) is 27.1. The Morgan fingerprint density at radius 1 is 1.22 bits per heavy atom. The summed E-state index contributed by atoms with van der Waals surface area (Å²) in [5, 5.41) is 20.1. The van der Waals surface area contributed by atoms with E-state index >= 15 is 0 Å². The topological polar surface area (TPSA) is 147 Å². The maximum Gasteiger partial charge on any atom is 0.337 e. The summed E-state index contributed by atoms with van der Waals surface area (Å²) in [7, 11) is 1.42. The number of esters is 1. The third kappa shape index (κ3) is 12.0. The molecule has 0 saturated heterocycles. The van der Waals surface area contributed by atoms with Crippen LogP contribution in [-0.4, -0.2) is 65.9 Å². The minimum atomic E-state index is -1.18. The van der Waals surface area contributed by atoms with Crippen LogP contribution in [0.15, 0.2) is 24.3 Å². The normalized spacial score (nSPS) is 13.2. The number of hydrogen-bond donors (Lipinski definition) is 1. The van der Waals surface area contributed by atoms with Crippen molar-refractivity contribution in [2.75, 3.05) is 20.3 Å². The average Bonchev–Trinajstić information content (AvgIpc) is 2.81. The Balaban J connectivity index is 2.78. The lowest BCUT2D eigenvalue weighted by atomic mass is 10.1. The lowest BCUT2D eigenvalue weighted by Crippen LogP contribution is -2.46. The molecule has 2 atom stereocenters. The molecule has 0 bridgehead atoms. The Kier molecular flexibility index (Phi) is 13.4. The summed E-state index contributed by atoms with van der Waals surface area (Å²) < 4.78 is 16.1. The van der Waals surface area contributed by atoms with Crippen molar-refractivity contribution >= 4 is 18.5 Å². The first-order valence-corrected chi connectivity index (χ1v) is 11.6. The van der Waals surface area contributed by atoms with Gasteiger partial charge in [-0.15, -0.1) is 10.1 Å². The number of aliphatic hydroxyl groups excluding tert-OH is 1. The van der Waals surface area contributed by atoms with E-state index in [4.69, 9.17) is 19.0 Å². The van der Waals surface area contributed by atoms with Gasteiger partial charge in [-0.05, 0) is 63.8 Å². The second-order valence-electron chi connectivity index (χ2n) is 8.69. The number of carbonyl (C=O) groups is 2. The van der Waals surface area contributed by atoms with Crippen molar-refractivity contribution in [3.8, 4) is 11.5 Å². The number of rotatable bonds is 17. The van der Waals surface area contributed by atoms with Crippen molar-refractivity contribution in [1.29, 1.82) is 0 Å². The van der Waals surface area contributed by atoms with Gasteiger partial charge in [0.2, 0.25) is 6.41 Å². The Morgan fingerprint density at radius 3 is 2.50 bits per heavy atom. The Bertz CT molecular complexity index is 869. The number of benzene rings is 1. The van der Waals surface area contributed by atoms with Crippen LogP contribution in [0.2, 0.25) is 0 Å². The van der Waals surface area contributed by atoms with E-state index in [2.05, 4.69) is 4.84 Å². The number of carbonyl (C=O) groups excluding carboxylic acids is 2. The molecule has 0 spiro atoms. The van der Waals surface area contributed by atoms with Gasteiger partial charge in [-0.1, -0.05) is 25.5 Å². The van der Waals surface area contributed by atoms with Gasteiger partial charge in [0.25, 0.3) is 5.09 Å². The molecule has 0 fully saturated rings. The van der Waals surface area contributed by atoms with Crippen LogP contribution in [0.25, 0.3) is 6.08 Å². The number of aliphatic hydroxyl groups is 1. The van der Waals surface area contributed by atoms with Crippen LogP contribution in [0, 0.1) is 10.1 Å². The molecule has 0 radical (unpaired) electrons. The minimum Gasteiger partial charge on any atom is -0.493 e. The number of hydroxylamine groups is 2. The highest BCUT2D eigenvalue weighted by atomic mass is 16.9. The van der Waals surface area contributed by atoms with Gasteiger partial charge in [-0.3, -0.25) is 9.63 Å². The van der Waals surface area contributed by atoms with E-state index in [1.54, 1.807) is 39.0 Å². The number of methoxy groups -OCH3 is 1. The molecule has 1 N–H and O–H groups in total. The quantitative estimate of drug-likeness (QED) is 0.0627. The lowest BCUT2D eigenvalue weighted by molar-refractivity contribution is -0.757. The van der Waals surface area contributed by atoms with Crippen molar-refractivity contribution in [1.82, 2.24) is 5.06 Å². The number of hydrogen-bond acceptors (Lipinski definition) is 10. The van der Waals surface area contributed by atoms with Crippen LogP contribution < -0.4 is 9.47 Å². The van der Waals surface area contributed by atoms with E-state index in [1.807, 2.05) is 6.92 Å². The molecule has 12 nitrogen and oxygen atoms in total. The SMILES string of the molecule is CCCC(C(=O)Oc1ccc(/C=C/C(O)OCCCCO[N+](=O)[O-])cc1OC)N(C=O)OC(C)(C)C. The average molecular weight is 513 g/mol. The predicted molar refractivity (Wildman–Crippen MR) is 129 cm³/mol. The van der Waals surface area contributed by atoms with E-state index < -0.39 is 29.0 Å². The van der Waals surface area contributed by atoms with E-state index in [0.29, 0.717) is 37.7 Å². The highest BCUT2D eigenvalue weighted by Crippen LogP contribution is 2.30. The summed E-state index contributed by atoms with van der Waals surface area (Å²) in [5.74, 6) is -0.227. The lowest BCUT2D eigenvalue weighted by Gasteiger charge is -2.31. The van der Waals surface area contributed by atoms with E-state index in [-0.39, 0.29) is 24.7 Å². The monoisotopic (exact) mass is 512 g/mol. The van der Waals surface area contributed by atoms with E-state index in [9.17, 15) is 24.8 Å². The molecule has 1 aromatic rings. The summed E-state index contributed by atoms with van der Waals surface area (Å²) in [6.45, 7) is 7.34. The van der Waals surface area contributed by atoms with Gasteiger partial charge >= 0.3 is 5.97 Å². The molecule has 1 aromatic carbocycles. The first kappa shape index (κ1) is 30.8. The second kappa shape index (κ2) is 15.7. The van der Waals surface area contributed by atoms with Gasteiger partial charge < -0.3 is 24.2 Å². The van der Waals surface area contributed by atoms with Gasteiger partial charge in [-0.2, -0.15) is 0 Å². The summed E-state index contributed by atoms with van der Waals surface area (Å²) >= 11 is 0. The van der Waals surface area contributed by atoms with Gasteiger partial charge in [0.1, 0.15) is 0 Å². The molecule has 2 unspecified atom stereocenters. The van der Waals surface area contributed by atoms with Crippen LogP contribution in [0.5, 0.6) is 11.5 Å². The fourth-order valence-corrected chi connectivity index (χ4v) is 2.94. The third-order valence-electron chi connectivity index (χ3n) is 4.50. The van der Waals surface area contributed by atoms with Crippen molar-refractivity contribution in [2.24, 2.45) is 0 Å². The molecule has 0 aromatic heterocycles. The van der Waals surface area contributed by atoms with Crippen LogP contribution in [0.4, 0.5) is 0 Å². The maximum atomic E-state index is 12.9. The number of unbranched alkanes of at least 4 members (excludes halogenated alkanes) is 1. The molecule has 0 saturated carbocycles. The summed E-state index contributed by atoms with van der Waals surface area (Å²) in [5.41, 5.74) is -0.0388. The largest absolute Gasteiger partial charge is 0.493 e. The van der Waals surface area contributed by atoms with Crippen LogP contribution in [0.3, 0.4) is 0 Å². The van der Waals surface area contributed by atoms with Gasteiger partial charge in [0.15, 0.2) is 23.8 Å². The maximum absolute atomic E-state index is 12.9. The zero-order valence-electron chi connectivity index (χ0n) is 21.4. The smallest absolute Gasteiger partial charge is 0.337 e. The molecule has 1 rings (SSSR count). The molecule has 1 amide bonds. The molecule has 0 aliphatic carbocycles. The van der Waals surface area contributed by atoms with Gasteiger partial charge in [0.05, 0.1) is 25.9 Å². The number of ether oxygens (including phenoxy) is 3. The standard InChI is InChI=1S/C24H36N2O10/c1-6-9-19(25(17-27)36-24(2,3)4)23(29)35-20-12-10-18(16-21(20)32-5)11-13-22(28)33-14-7-8-15-34-26(30)31/h10-13,16-17,19,22,28H,6-9,14-15H2,1-5H3/b13-11+. The molecular weight excluding hydrogens is 476 g/mol. The molecule has 202 valence electrons. The Morgan fingerprint density at radius 2 is 1.92 bits per heavy atom. The van der Waals surface area contributed by atoms with Crippen LogP contribution in [-0.2, 0) is 24.0 Å². The fourth-order valence-electron chi connectivity index (χ4n) is 2.94. The molecule has 12 heteroatoms. The van der Waals surface area contributed by atoms with Crippen LogP contribution in [0.1, 0.15) is 58.9 Å². The van der Waals surface area contributed by atoms with Crippen molar-refractivity contribution in [3.63, 3.8) is 0 Å². The number of amides is 1. The van der Waals surface area contributed by atoms with E-state index in [0.717, 1.165) is 5.06 Å². The number of nitrogens with zero attached hydrogens (tertiary/aromatic N) is 2. The van der Waals surface area contributed by atoms with Gasteiger partial charge in [0, 0.05) is 0 Å². The van der Waals surface area contributed by atoms with Gasteiger partial charge in [-0.25, -0.2) is 9.86 Å². The Hall–Kier alpha value is -3.22. The second-order valence-corrected chi connectivity index (χ2v) is 8.69. The third-order valence-corrected chi connectivity index (χ3v) is 4.50. The fraction of sp³-hybridized carbons (Fsp3) is 0.583. The summed E-state index contributed by atoms with van der Waals surface area (Å²) in [4.78, 5) is 44.3. The Labute approximate surface area is 210 Å². The first-order chi connectivity index (χ1) is 17.0. The van der Waals surface area contributed by atoms with Crippen molar-refractivity contribution in [2.45, 2.75) is 71.3 Å². The predicted octanol–water partition coefficient (Wildman–Crippen LogP) is 3.29.